The number of nitrogens with zero attached hydrogens (tertiary/aromatic N) is 3. The van der Waals surface area contributed by atoms with Crippen molar-refractivity contribution in [1.82, 2.24) is 9.97 Å². The molecule has 0 saturated heterocycles. The van der Waals surface area contributed by atoms with Gasteiger partial charge in [0.25, 0.3) is 0 Å². The molecule has 0 amide bonds. The van der Waals surface area contributed by atoms with Crippen molar-refractivity contribution in [2.24, 2.45) is 16.1 Å². The summed E-state index contributed by atoms with van der Waals surface area (Å²) in [5.41, 5.74) is 5.70. The minimum atomic E-state index is -1.65. The number of aliphatic imine (C=N–C) groups is 1. The molecule has 0 bridgehead atoms. The summed E-state index contributed by atoms with van der Waals surface area (Å²) in [7, 11) is -0.0720. The number of allylic oxidation sites excluding steroid dienone is 1. The van der Waals surface area contributed by atoms with Crippen LogP contribution in [0.1, 0.15) is 71.4 Å². The summed E-state index contributed by atoms with van der Waals surface area (Å²) in [5, 5.41) is 9.94. The summed E-state index contributed by atoms with van der Waals surface area (Å²) >= 11 is 0. The van der Waals surface area contributed by atoms with Crippen molar-refractivity contribution in [3.8, 4) is 5.88 Å². The maximum Gasteiger partial charge on any atom is 0.238 e. The smallest absolute Gasteiger partial charge is 0.238 e. The molecule has 1 aliphatic rings. The minimum absolute atomic E-state index is 0.102. The highest BCUT2D eigenvalue weighted by Crippen LogP contribution is 2.46. The number of nitrogens with one attached hydrogen (secondary N) is 1. The lowest BCUT2D eigenvalue weighted by Crippen LogP contribution is -2.27. The molecule has 168 valence electrons. The first-order valence-electron chi connectivity index (χ1n) is 10.3. The zero-order chi connectivity index (χ0) is 22.4. The normalized spacial score (nSPS) is 20.9. The zero-order valence-electron chi connectivity index (χ0n) is 18.6. The molecule has 0 spiro atoms. The molecule has 1 aromatic heterocycles. The molecule has 0 aromatic carbocycles. The second-order valence-electron chi connectivity index (χ2n) is 8.98. The predicted molar refractivity (Wildman–Crippen MR) is 122 cm³/mol. The number of aliphatic hydroxyl groups is 1. The van der Waals surface area contributed by atoms with Crippen molar-refractivity contribution in [2.45, 2.75) is 71.3 Å². The second kappa shape index (κ2) is 10.3. The van der Waals surface area contributed by atoms with Crippen LogP contribution < -0.4 is 15.2 Å². The van der Waals surface area contributed by atoms with E-state index in [0.717, 1.165) is 25.0 Å². The van der Waals surface area contributed by atoms with Crippen LogP contribution in [0.2, 0.25) is 0 Å². The Labute approximate surface area is 182 Å². The molecule has 1 fully saturated rings. The van der Waals surface area contributed by atoms with E-state index in [-0.39, 0.29) is 17.3 Å². The minimum Gasteiger partial charge on any atom is -0.477 e. The Kier molecular flexibility index (Phi) is 8.37. The van der Waals surface area contributed by atoms with E-state index >= 15 is 0 Å². The molecule has 2 unspecified atom stereocenters. The molecule has 30 heavy (non-hydrogen) atoms. The molecule has 1 aliphatic carbocycles. The van der Waals surface area contributed by atoms with E-state index in [0.29, 0.717) is 23.8 Å². The molecule has 2 atom stereocenters. The summed E-state index contributed by atoms with van der Waals surface area (Å²) in [6.07, 6.45) is 7.64. The number of nitrogens with two attached hydrogens (primary N) is 1. The molecule has 4 N–H and O–H groups in total. The highest BCUT2D eigenvalue weighted by molar-refractivity contribution is 7.91. The van der Waals surface area contributed by atoms with E-state index in [1.54, 1.807) is 20.9 Å². The third-order valence-corrected chi connectivity index (χ3v) is 6.41. The van der Waals surface area contributed by atoms with E-state index in [4.69, 9.17) is 10.5 Å². The van der Waals surface area contributed by atoms with Crippen LogP contribution in [0.4, 0.5) is 5.95 Å². The average molecular weight is 438 g/mol. The Balaban J connectivity index is 2.33. The van der Waals surface area contributed by atoms with Gasteiger partial charge in [-0.1, -0.05) is 26.7 Å². The van der Waals surface area contributed by atoms with Gasteiger partial charge in [0, 0.05) is 37.9 Å². The zero-order valence-corrected chi connectivity index (χ0v) is 19.5. The van der Waals surface area contributed by atoms with E-state index in [2.05, 4.69) is 33.5 Å². The lowest BCUT2D eigenvalue weighted by molar-refractivity contribution is 0.0546. The third kappa shape index (κ3) is 7.05. The van der Waals surface area contributed by atoms with Crippen LogP contribution in [0.5, 0.6) is 5.88 Å². The van der Waals surface area contributed by atoms with E-state index in [1.807, 2.05) is 6.07 Å². The van der Waals surface area contributed by atoms with Crippen molar-refractivity contribution in [1.29, 1.82) is 0 Å². The topological polar surface area (TPSA) is 123 Å². The van der Waals surface area contributed by atoms with Gasteiger partial charge in [-0.2, -0.15) is 4.98 Å². The highest BCUT2D eigenvalue weighted by atomic mass is 32.2. The van der Waals surface area contributed by atoms with Crippen LogP contribution in [0.25, 0.3) is 0 Å². The van der Waals surface area contributed by atoms with Gasteiger partial charge < -0.3 is 15.6 Å². The Bertz CT molecular complexity index is 802. The Morgan fingerprint density at radius 2 is 2.20 bits per heavy atom. The standard InChI is InChI=1S/C21H35N5O3S/c1-20(2)9-7-6-8-16(20)17-12-18(29-11-10-21(3,4)27)25-19(24-17)26-30(28)15(13-22)14-23-5/h12-14,16,27H,6-11,22H2,1-5H3,(H,24,25,26)/b15-13+,23-14?. The van der Waals surface area contributed by atoms with Gasteiger partial charge in [0.2, 0.25) is 11.8 Å². The summed E-state index contributed by atoms with van der Waals surface area (Å²) in [5.74, 6) is 0.864. The summed E-state index contributed by atoms with van der Waals surface area (Å²) in [6.45, 7) is 8.29. The van der Waals surface area contributed by atoms with Crippen LogP contribution in [0, 0.1) is 5.41 Å². The lowest BCUT2D eigenvalue weighted by Gasteiger charge is -2.38. The third-order valence-electron chi connectivity index (χ3n) is 5.37. The van der Waals surface area contributed by atoms with Gasteiger partial charge in [-0.15, -0.1) is 0 Å². The van der Waals surface area contributed by atoms with E-state index in [9.17, 15) is 9.32 Å². The van der Waals surface area contributed by atoms with Crippen LogP contribution in [0.15, 0.2) is 22.2 Å². The van der Waals surface area contributed by atoms with Crippen LogP contribution in [-0.4, -0.2) is 44.8 Å². The van der Waals surface area contributed by atoms with Gasteiger partial charge in [0.05, 0.1) is 22.8 Å². The van der Waals surface area contributed by atoms with Gasteiger partial charge in [-0.05, 0) is 32.1 Å². The first-order chi connectivity index (χ1) is 14.1. The molecular formula is C21H35N5O3S. The van der Waals surface area contributed by atoms with E-state index < -0.39 is 16.6 Å². The van der Waals surface area contributed by atoms with Gasteiger partial charge >= 0.3 is 0 Å². The quantitative estimate of drug-likeness (QED) is 0.510. The lowest BCUT2D eigenvalue weighted by atomic mass is 9.67. The molecule has 2 rings (SSSR count). The van der Waals surface area contributed by atoms with E-state index in [1.165, 1.54) is 18.8 Å². The van der Waals surface area contributed by atoms with Crippen LogP contribution in [-0.2, 0) is 11.0 Å². The van der Waals surface area contributed by atoms with Crippen molar-refractivity contribution < 1.29 is 14.1 Å². The SMILES string of the molecule is CN=C/C(=C\N)S(=O)Nc1nc(OCCC(C)(C)O)cc(C2CCCCC2(C)C)n1. The van der Waals surface area contributed by atoms with Gasteiger partial charge in [-0.25, -0.2) is 9.19 Å². The van der Waals surface area contributed by atoms with Crippen molar-refractivity contribution in [3.63, 3.8) is 0 Å². The molecule has 1 heterocycles. The fourth-order valence-corrected chi connectivity index (χ4v) is 4.31. The summed E-state index contributed by atoms with van der Waals surface area (Å²) < 4.78 is 21.2. The number of ether oxygens (including phenoxy) is 1. The van der Waals surface area contributed by atoms with Crippen molar-refractivity contribution in [2.75, 3.05) is 18.4 Å². The Morgan fingerprint density at radius 3 is 2.80 bits per heavy atom. The predicted octanol–water partition coefficient (Wildman–Crippen LogP) is 3.28. The Hall–Kier alpha value is -2.00. The monoisotopic (exact) mass is 437 g/mol. The fourth-order valence-electron chi connectivity index (χ4n) is 3.61. The van der Waals surface area contributed by atoms with Crippen molar-refractivity contribution >= 4 is 23.1 Å². The number of hydrogen-bond acceptors (Lipinski definition) is 7. The number of hydrogen-bond donors (Lipinski definition) is 3. The second-order valence-corrected chi connectivity index (χ2v) is 10.2. The highest BCUT2D eigenvalue weighted by Gasteiger charge is 2.35. The molecule has 0 aliphatic heterocycles. The molecule has 9 heteroatoms. The maximum atomic E-state index is 12.6. The first kappa shape index (κ1) is 24.3. The number of rotatable bonds is 9. The van der Waals surface area contributed by atoms with Gasteiger partial charge in [0.15, 0.2) is 11.0 Å². The molecule has 8 nitrogen and oxygen atoms in total. The molecular weight excluding hydrogens is 402 g/mol. The van der Waals surface area contributed by atoms with Crippen molar-refractivity contribution in [3.05, 3.63) is 22.9 Å². The largest absolute Gasteiger partial charge is 0.477 e. The fraction of sp³-hybridized carbons (Fsp3) is 0.667. The van der Waals surface area contributed by atoms with Crippen LogP contribution >= 0.6 is 0 Å². The summed E-state index contributed by atoms with van der Waals surface area (Å²) in [4.78, 5) is 13.2. The van der Waals surface area contributed by atoms with Gasteiger partial charge in [-0.3, -0.25) is 9.71 Å². The van der Waals surface area contributed by atoms with Crippen LogP contribution in [0.3, 0.4) is 0 Å². The molecule has 1 aromatic rings. The summed E-state index contributed by atoms with van der Waals surface area (Å²) in [6, 6.07) is 1.86. The maximum absolute atomic E-state index is 12.6. The average Bonchev–Trinajstić information content (AvgIpc) is 2.64. The Morgan fingerprint density at radius 1 is 1.47 bits per heavy atom. The van der Waals surface area contributed by atoms with Gasteiger partial charge in [0.1, 0.15) is 0 Å². The number of anilines is 1. The molecule has 1 saturated carbocycles. The number of aromatic nitrogens is 2. The first-order valence-corrected chi connectivity index (χ1v) is 11.5. The molecule has 0 radical (unpaired) electrons.